The number of aromatic nitrogens is 3. The van der Waals surface area contributed by atoms with Crippen LogP contribution in [0.4, 0.5) is 5.82 Å². The summed E-state index contributed by atoms with van der Waals surface area (Å²) >= 11 is 0. The molecule has 1 saturated heterocycles. The summed E-state index contributed by atoms with van der Waals surface area (Å²) in [6, 6.07) is 11.2. The van der Waals surface area contributed by atoms with Crippen molar-refractivity contribution in [1.29, 1.82) is 0 Å². The van der Waals surface area contributed by atoms with Crippen molar-refractivity contribution >= 4 is 23.3 Å². The fourth-order valence-electron chi connectivity index (χ4n) is 3.72. The Morgan fingerprint density at radius 1 is 1.22 bits per heavy atom. The molecule has 1 unspecified atom stereocenters. The van der Waals surface area contributed by atoms with Crippen LogP contribution in [-0.2, 0) is 9.53 Å². The zero-order chi connectivity index (χ0) is 22.5. The molecule has 9 heteroatoms. The molecule has 0 spiro atoms. The average Bonchev–Trinajstić information content (AvgIpc) is 3.22. The van der Waals surface area contributed by atoms with Gasteiger partial charge in [-0.3, -0.25) is 9.59 Å². The number of nitrogens with one attached hydrogen (secondary N) is 2. The van der Waals surface area contributed by atoms with Crippen molar-refractivity contribution in [3.63, 3.8) is 0 Å². The quantitative estimate of drug-likeness (QED) is 0.434. The Kier molecular flexibility index (Phi) is 6.65. The number of carbonyl (C=O) groups excluding carboxylic acids is 2. The fourth-order valence-corrected chi connectivity index (χ4v) is 3.72. The summed E-state index contributed by atoms with van der Waals surface area (Å²) in [6.45, 7) is 5.93. The van der Waals surface area contributed by atoms with E-state index in [9.17, 15) is 9.59 Å². The molecule has 1 aromatic carbocycles. The monoisotopic (exact) mass is 436 g/mol. The third-order valence-corrected chi connectivity index (χ3v) is 5.39. The maximum absolute atomic E-state index is 13.0. The number of anilines is 1. The lowest BCUT2D eigenvalue weighted by atomic mass is 10.1. The normalized spacial score (nSPS) is 16.2. The number of nitrogens with zero attached hydrogens (tertiary/aromatic N) is 4. The Morgan fingerprint density at radius 2 is 2.03 bits per heavy atom. The number of amides is 1. The number of imidazole rings is 1. The van der Waals surface area contributed by atoms with Gasteiger partial charge in [0.05, 0.1) is 18.4 Å². The van der Waals surface area contributed by atoms with Gasteiger partial charge in [-0.2, -0.15) is 0 Å². The molecule has 3 heterocycles. The largest absolute Gasteiger partial charge is 0.440 e. The Balaban J connectivity index is 1.54. The molecule has 9 nitrogen and oxygen atoms in total. The fraction of sp³-hybridized carbons (Fsp3) is 0.391. The van der Waals surface area contributed by atoms with Crippen molar-refractivity contribution in [2.45, 2.75) is 32.9 Å². The van der Waals surface area contributed by atoms with E-state index in [2.05, 4.69) is 27.6 Å². The number of ether oxygens (including phenoxy) is 1. The summed E-state index contributed by atoms with van der Waals surface area (Å²) < 4.78 is 7.11. The summed E-state index contributed by atoms with van der Waals surface area (Å²) in [7, 11) is 0. The van der Waals surface area contributed by atoms with Gasteiger partial charge < -0.3 is 20.3 Å². The second kappa shape index (κ2) is 9.78. The smallest absolute Gasteiger partial charge is 0.304 e. The lowest BCUT2D eigenvalue weighted by Crippen LogP contribution is -2.55. The summed E-state index contributed by atoms with van der Waals surface area (Å²) in [4.78, 5) is 30.5. The summed E-state index contributed by atoms with van der Waals surface area (Å²) in [5.41, 5.74) is 3.05. The molecule has 168 valence electrons. The molecular formula is C23H28N6O3. The average molecular weight is 437 g/mol. The molecule has 1 atom stereocenters. The minimum Gasteiger partial charge on any atom is -0.440 e. The zero-order valence-corrected chi connectivity index (χ0v) is 18.4. The number of benzene rings is 1. The third kappa shape index (κ3) is 4.72. The highest BCUT2D eigenvalue weighted by Crippen LogP contribution is 2.22. The molecule has 2 aromatic heterocycles. The molecule has 32 heavy (non-hydrogen) atoms. The first kappa shape index (κ1) is 21.8. The van der Waals surface area contributed by atoms with Crippen LogP contribution in [0.5, 0.6) is 0 Å². The van der Waals surface area contributed by atoms with E-state index in [-0.39, 0.29) is 5.91 Å². The van der Waals surface area contributed by atoms with Crippen LogP contribution >= 0.6 is 0 Å². The van der Waals surface area contributed by atoms with Gasteiger partial charge >= 0.3 is 5.97 Å². The van der Waals surface area contributed by atoms with Gasteiger partial charge in [0.2, 0.25) is 0 Å². The van der Waals surface area contributed by atoms with E-state index in [1.807, 2.05) is 24.3 Å². The molecule has 3 aromatic rings. The topological polar surface area (TPSA) is 101 Å². The first-order chi connectivity index (χ1) is 15.6. The van der Waals surface area contributed by atoms with E-state index in [4.69, 9.17) is 4.74 Å². The van der Waals surface area contributed by atoms with Gasteiger partial charge in [0.25, 0.3) is 5.91 Å². The van der Waals surface area contributed by atoms with Gasteiger partial charge in [0.1, 0.15) is 5.82 Å². The number of fused-ring (bicyclic) bond motifs is 1. The van der Waals surface area contributed by atoms with Crippen LogP contribution in [0, 0.1) is 0 Å². The number of carbonyl (C=O) groups is 2. The highest BCUT2D eigenvalue weighted by atomic mass is 16.6. The van der Waals surface area contributed by atoms with E-state index in [0.29, 0.717) is 25.2 Å². The van der Waals surface area contributed by atoms with Crippen molar-refractivity contribution in [2.24, 2.45) is 0 Å². The molecule has 0 aliphatic carbocycles. The maximum atomic E-state index is 13.0. The molecule has 1 amide bonds. The minimum atomic E-state index is -0.602. The zero-order valence-electron chi connectivity index (χ0n) is 18.4. The Labute approximate surface area is 186 Å². The first-order valence-electron chi connectivity index (χ1n) is 10.9. The van der Waals surface area contributed by atoms with Crippen LogP contribution in [0.25, 0.3) is 16.9 Å². The molecule has 2 N–H and O–H groups in total. The van der Waals surface area contributed by atoms with Crippen LogP contribution in [0.3, 0.4) is 0 Å². The number of piperazine rings is 1. The van der Waals surface area contributed by atoms with Gasteiger partial charge in [-0.15, -0.1) is 5.10 Å². The molecule has 1 fully saturated rings. The molecule has 1 aliphatic heterocycles. The second-order valence-electron chi connectivity index (χ2n) is 7.76. The molecule has 0 bridgehead atoms. The van der Waals surface area contributed by atoms with Crippen molar-refractivity contribution in [1.82, 2.24) is 24.8 Å². The Hall–Kier alpha value is -3.46. The highest BCUT2D eigenvalue weighted by Gasteiger charge is 2.29. The summed E-state index contributed by atoms with van der Waals surface area (Å²) in [6.07, 6.45) is 3.38. The lowest BCUT2D eigenvalue weighted by Gasteiger charge is -2.35. The molecular weight excluding hydrogens is 408 g/mol. The van der Waals surface area contributed by atoms with Gasteiger partial charge in [-0.1, -0.05) is 25.5 Å². The van der Waals surface area contributed by atoms with Crippen LogP contribution in [-0.4, -0.2) is 63.8 Å². The number of esters is 1. The highest BCUT2D eigenvalue weighted by molar-refractivity contribution is 5.95. The van der Waals surface area contributed by atoms with Crippen molar-refractivity contribution in [2.75, 3.05) is 31.5 Å². The van der Waals surface area contributed by atoms with Crippen LogP contribution in [0.15, 0.2) is 42.6 Å². The number of hydrogen-bond donors (Lipinski definition) is 2. The van der Waals surface area contributed by atoms with Crippen LogP contribution in [0.1, 0.15) is 37.0 Å². The lowest BCUT2D eigenvalue weighted by molar-refractivity contribution is -0.154. The molecule has 0 saturated carbocycles. The van der Waals surface area contributed by atoms with E-state index < -0.39 is 12.2 Å². The molecule has 1 aliphatic rings. The Bertz CT molecular complexity index is 1090. The first-order valence-corrected chi connectivity index (χ1v) is 10.9. The number of rotatable bonds is 7. The van der Waals surface area contributed by atoms with E-state index in [0.717, 1.165) is 42.1 Å². The van der Waals surface area contributed by atoms with Gasteiger partial charge in [0.15, 0.2) is 11.9 Å². The van der Waals surface area contributed by atoms with Crippen molar-refractivity contribution in [3.05, 3.63) is 48.2 Å². The molecule has 4 rings (SSSR count). The summed E-state index contributed by atoms with van der Waals surface area (Å²) in [5, 5.41) is 11.1. The number of unbranched alkanes of at least 4 members (excludes halogenated alkanes) is 1. The van der Waals surface area contributed by atoms with Crippen molar-refractivity contribution < 1.29 is 14.3 Å². The Morgan fingerprint density at radius 3 is 2.78 bits per heavy atom. The van der Waals surface area contributed by atoms with Crippen LogP contribution < -0.4 is 10.6 Å². The second-order valence-corrected chi connectivity index (χ2v) is 7.76. The number of hydrogen-bond acceptors (Lipinski definition) is 7. The maximum Gasteiger partial charge on any atom is 0.304 e. The predicted molar refractivity (Wildman–Crippen MR) is 121 cm³/mol. The molecule has 0 radical (unpaired) electrons. The standard InChI is InChI=1S/C23H28N6O3/c1-3-4-11-25-20-9-10-21-26-14-19(29(21)27-20)17-5-7-18(8-6-17)23(31)28-13-12-24-15-22(28)32-16(2)30/h5-10,14,22,24H,3-4,11-13,15H2,1-2H3,(H,25,27). The SMILES string of the molecule is CCCCNc1ccc2ncc(-c3ccc(C(=O)N4CCNCC4OC(C)=O)cc3)n2n1. The van der Waals surface area contributed by atoms with E-state index in [1.54, 1.807) is 27.7 Å². The van der Waals surface area contributed by atoms with E-state index in [1.165, 1.54) is 6.92 Å². The minimum absolute atomic E-state index is 0.164. The predicted octanol–water partition coefficient (Wildman–Crippen LogP) is 2.54. The summed E-state index contributed by atoms with van der Waals surface area (Å²) in [5.74, 6) is 0.228. The van der Waals surface area contributed by atoms with Crippen LogP contribution in [0.2, 0.25) is 0 Å². The van der Waals surface area contributed by atoms with Gasteiger partial charge in [-0.05, 0) is 30.7 Å². The van der Waals surface area contributed by atoms with E-state index >= 15 is 0 Å². The van der Waals surface area contributed by atoms with Crippen molar-refractivity contribution in [3.8, 4) is 11.3 Å². The van der Waals surface area contributed by atoms with Gasteiger partial charge in [0, 0.05) is 37.7 Å². The third-order valence-electron chi connectivity index (χ3n) is 5.39. The van der Waals surface area contributed by atoms with Gasteiger partial charge in [-0.25, -0.2) is 9.50 Å².